The number of aliphatic hydroxyl groups excluding tert-OH is 3. The maximum Gasteiger partial charge on any atom is 0.222 e. The molecule has 6 nitrogen and oxygen atoms in total. The normalized spacial score (nSPS) is 39.1. The summed E-state index contributed by atoms with van der Waals surface area (Å²) in [5, 5.41) is 41.6. The van der Waals surface area contributed by atoms with E-state index < -0.39 is 36.9 Å². The molecular formula is C20H28ClFO6. The maximum atomic E-state index is 13.2. The number of ether oxygens (including phenoxy) is 2. The molecule has 0 radical (unpaired) electrons. The maximum absolute atomic E-state index is 13.2. The van der Waals surface area contributed by atoms with Crippen molar-refractivity contribution < 1.29 is 34.3 Å². The van der Waals surface area contributed by atoms with Crippen LogP contribution in [0.25, 0.3) is 0 Å². The second-order valence-corrected chi connectivity index (χ2v) is 8.23. The van der Waals surface area contributed by atoms with Gasteiger partial charge in [-0.05, 0) is 55.7 Å². The van der Waals surface area contributed by atoms with E-state index in [1.807, 2.05) is 0 Å². The van der Waals surface area contributed by atoms with Gasteiger partial charge < -0.3 is 29.9 Å². The highest BCUT2D eigenvalue weighted by Gasteiger charge is 2.53. The molecule has 8 heteroatoms. The van der Waals surface area contributed by atoms with E-state index in [1.54, 1.807) is 19.2 Å². The summed E-state index contributed by atoms with van der Waals surface area (Å²) in [6.07, 6.45) is -1.75. The summed E-state index contributed by atoms with van der Waals surface area (Å²) in [6.45, 7) is -1.11. The van der Waals surface area contributed by atoms with Crippen molar-refractivity contribution in [2.75, 3.05) is 13.8 Å². The standard InChI is InChI=1S/C20H28ClFO6/c1-27-14-5-2-11(3-6-14)8-12-9-13(4-7-15(12)21)20(26)19(25)18(24)17(23)16(10-22)28-20/h4,7,9,11,14,16-19,23-26H,2-3,5-6,8,10H2,1H3/t11?,14?,16-,17-,18+,19-,20+/m1/s1. The molecular weight excluding hydrogens is 391 g/mol. The lowest BCUT2D eigenvalue weighted by molar-refractivity contribution is -0.355. The summed E-state index contributed by atoms with van der Waals surface area (Å²) in [4.78, 5) is 0. The van der Waals surface area contributed by atoms with Gasteiger partial charge in [0.1, 0.15) is 31.1 Å². The van der Waals surface area contributed by atoms with Crippen LogP contribution in [-0.4, -0.2) is 64.7 Å². The van der Waals surface area contributed by atoms with Crippen LogP contribution in [0, 0.1) is 5.92 Å². The molecule has 1 heterocycles. The van der Waals surface area contributed by atoms with Crippen LogP contribution in [0.2, 0.25) is 5.02 Å². The minimum absolute atomic E-state index is 0.161. The Hall–Kier alpha value is -0.800. The average Bonchev–Trinajstić information content (AvgIpc) is 2.71. The fourth-order valence-electron chi connectivity index (χ4n) is 4.21. The third-order valence-electron chi connectivity index (χ3n) is 6.03. The zero-order valence-corrected chi connectivity index (χ0v) is 16.6. The lowest BCUT2D eigenvalue weighted by atomic mass is 9.82. The molecule has 0 bridgehead atoms. The monoisotopic (exact) mass is 418 g/mol. The van der Waals surface area contributed by atoms with Crippen LogP contribution < -0.4 is 0 Å². The van der Waals surface area contributed by atoms with Crippen LogP contribution in [0.15, 0.2) is 18.2 Å². The summed E-state index contributed by atoms with van der Waals surface area (Å²) in [5.41, 5.74) is 0.941. The van der Waals surface area contributed by atoms with E-state index in [2.05, 4.69) is 0 Å². The first-order chi connectivity index (χ1) is 13.3. The van der Waals surface area contributed by atoms with Gasteiger partial charge in [-0.1, -0.05) is 17.7 Å². The molecule has 1 aromatic rings. The molecule has 1 aliphatic heterocycles. The Bertz CT molecular complexity index is 666. The number of halogens is 2. The third-order valence-corrected chi connectivity index (χ3v) is 6.40. The van der Waals surface area contributed by atoms with Crippen molar-refractivity contribution in [3.8, 4) is 0 Å². The van der Waals surface area contributed by atoms with Crippen LogP contribution >= 0.6 is 11.6 Å². The first kappa shape index (κ1) is 21.9. The van der Waals surface area contributed by atoms with Gasteiger partial charge in [0.2, 0.25) is 5.79 Å². The largest absolute Gasteiger partial charge is 0.387 e. The van der Waals surface area contributed by atoms with Gasteiger partial charge >= 0.3 is 0 Å². The van der Waals surface area contributed by atoms with Crippen molar-refractivity contribution in [2.45, 2.75) is 68.4 Å². The van der Waals surface area contributed by atoms with Gasteiger partial charge in [-0.25, -0.2) is 4.39 Å². The molecule has 1 saturated carbocycles. The Balaban J connectivity index is 1.82. The quantitative estimate of drug-likeness (QED) is 0.580. The van der Waals surface area contributed by atoms with Crippen LogP contribution in [0.4, 0.5) is 4.39 Å². The summed E-state index contributed by atoms with van der Waals surface area (Å²) in [5.74, 6) is -1.93. The molecule has 0 unspecified atom stereocenters. The highest BCUT2D eigenvalue weighted by atomic mass is 35.5. The van der Waals surface area contributed by atoms with Gasteiger partial charge in [0, 0.05) is 17.7 Å². The number of alkyl halides is 1. The van der Waals surface area contributed by atoms with Crippen molar-refractivity contribution in [1.29, 1.82) is 0 Å². The zero-order valence-electron chi connectivity index (χ0n) is 15.8. The van der Waals surface area contributed by atoms with Gasteiger partial charge in [-0.15, -0.1) is 0 Å². The van der Waals surface area contributed by atoms with Gasteiger partial charge in [0.25, 0.3) is 0 Å². The smallest absolute Gasteiger partial charge is 0.222 e. The Labute approximate surface area is 168 Å². The summed E-state index contributed by atoms with van der Waals surface area (Å²) < 4.78 is 23.9. The molecule has 1 aliphatic carbocycles. The number of rotatable bonds is 5. The molecule has 3 rings (SSSR count). The molecule has 2 fully saturated rings. The molecule has 0 spiro atoms. The molecule has 4 N–H and O–H groups in total. The van der Waals surface area contributed by atoms with Crippen LogP contribution in [0.5, 0.6) is 0 Å². The van der Waals surface area contributed by atoms with E-state index in [0.29, 0.717) is 17.4 Å². The fraction of sp³-hybridized carbons (Fsp3) is 0.700. The lowest BCUT2D eigenvalue weighted by Gasteiger charge is -2.45. The van der Waals surface area contributed by atoms with Crippen LogP contribution in [0.1, 0.15) is 36.8 Å². The zero-order chi connectivity index (χ0) is 20.5. The molecule has 1 saturated heterocycles. The van der Waals surface area contributed by atoms with E-state index in [1.165, 1.54) is 6.07 Å². The van der Waals surface area contributed by atoms with E-state index in [4.69, 9.17) is 21.1 Å². The topological polar surface area (TPSA) is 99.4 Å². The molecule has 2 aliphatic rings. The Morgan fingerprint density at radius 2 is 1.86 bits per heavy atom. The molecule has 158 valence electrons. The molecule has 0 aromatic heterocycles. The van der Waals surface area contributed by atoms with Crippen LogP contribution in [-0.2, 0) is 21.7 Å². The van der Waals surface area contributed by atoms with Gasteiger partial charge in [-0.3, -0.25) is 0 Å². The number of hydrogen-bond acceptors (Lipinski definition) is 6. The molecule has 0 amide bonds. The van der Waals surface area contributed by atoms with Crippen molar-refractivity contribution >= 4 is 11.6 Å². The van der Waals surface area contributed by atoms with Crippen molar-refractivity contribution in [2.24, 2.45) is 5.92 Å². The predicted octanol–water partition coefficient (Wildman–Crippen LogP) is 1.68. The molecule has 5 atom stereocenters. The average molecular weight is 419 g/mol. The Morgan fingerprint density at radius 3 is 2.46 bits per heavy atom. The van der Waals surface area contributed by atoms with Crippen molar-refractivity contribution in [1.82, 2.24) is 0 Å². The highest BCUT2D eigenvalue weighted by Crippen LogP contribution is 2.39. The summed E-state index contributed by atoms with van der Waals surface area (Å²) in [6, 6.07) is 4.67. The van der Waals surface area contributed by atoms with Crippen molar-refractivity contribution in [3.05, 3.63) is 34.3 Å². The second-order valence-electron chi connectivity index (χ2n) is 7.82. The van der Waals surface area contributed by atoms with E-state index in [-0.39, 0.29) is 11.7 Å². The minimum Gasteiger partial charge on any atom is -0.387 e. The second kappa shape index (κ2) is 8.92. The summed E-state index contributed by atoms with van der Waals surface area (Å²) >= 11 is 6.34. The molecule has 28 heavy (non-hydrogen) atoms. The van der Waals surface area contributed by atoms with Gasteiger partial charge in [0.15, 0.2) is 0 Å². The Kier molecular flexibility index (Phi) is 6.97. The third kappa shape index (κ3) is 4.21. The van der Waals surface area contributed by atoms with Crippen LogP contribution in [0.3, 0.4) is 0 Å². The number of aliphatic hydroxyl groups is 4. The Morgan fingerprint density at radius 1 is 1.18 bits per heavy atom. The van der Waals surface area contributed by atoms with E-state index in [9.17, 15) is 24.8 Å². The first-order valence-corrected chi connectivity index (χ1v) is 10.00. The predicted molar refractivity (Wildman–Crippen MR) is 101 cm³/mol. The number of methoxy groups -OCH3 is 1. The van der Waals surface area contributed by atoms with Gasteiger partial charge in [-0.2, -0.15) is 0 Å². The fourth-order valence-corrected chi connectivity index (χ4v) is 4.40. The highest BCUT2D eigenvalue weighted by molar-refractivity contribution is 6.31. The number of benzene rings is 1. The van der Waals surface area contributed by atoms with Gasteiger partial charge in [0.05, 0.1) is 6.10 Å². The minimum atomic E-state index is -2.34. The lowest BCUT2D eigenvalue weighted by Crippen LogP contribution is -2.63. The first-order valence-electron chi connectivity index (χ1n) is 9.62. The molecule has 1 aromatic carbocycles. The van der Waals surface area contributed by atoms with E-state index in [0.717, 1.165) is 31.2 Å². The van der Waals surface area contributed by atoms with E-state index >= 15 is 0 Å². The summed E-state index contributed by atoms with van der Waals surface area (Å²) in [7, 11) is 1.72. The number of hydrogen-bond donors (Lipinski definition) is 4. The van der Waals surface area contributed by atoms with Crippen molar-refractivity contribution in [3.63, 3.8) is 0 Å². The SMILES string of the molecule is COC1CCC(Cc2cc([C@]3(O)O[C@H](CF)[C@@H](O)[C@H](O)[C@H]3O)ccc2Cl)CC1.